The van der Waals surface area contributed by atoms with Crippen molar-refractivity contribution in [3.05, 3.63) is 52.3 Å². The molecule has 5 nitrogen and oxygen atoms in total. The number of aromatic nitrogens is 2. The van der Waals surface area contributed by atoms with Crippen LogP contribution in [0.3, 0.4) is 0 Å². The van der Waals surface area contributed by atoms with E-state index in [2.05, 4.69) is 46.7 Å². The number of nitrogens with zero attached hydrogens (tertiary/aromatic N) is 2. The zero-order valence-corrected chi connectivity index (χ0v) is 13.6. The molecule has 0 radical (unpaired) electrons. The van der Waals surface area contributed by atoms with Crippen LogP contribution >= 0.6 is 0 Å². The lowest BCUT2D eigenvalue weighted by Gasteiger charge is -2.10. The second-order valence-corrected chi connectivity index (χ2v) is 6.26. The average molecular weight is 310 g/mol. The van der Waals surface area contributed by atoms with Crippen LogP contribution in [0, 0.1) is 0 Å². The van der Waals surface area contributed by atoms with Crippen LogP contribution < -0.4 is 5.43 Å². The second kappa shape index (κ2) is 6.77. The Labute approximate surface area is 136 Å². The van der Waals surface area contributed by atoms with E-state index in [1.54, 1.807) is 6.21 Å². The highest BCUT2D eigenvalue weighted by atomic mass is 16.2. The Hall–Kier alpha value is -2.43. The van der Waals surface area contributed by atoms with Crippen LogP contribution in [0.4, 0.5) is 0 Å². The highest BCUT2D eigenvalue weighted by Gasteiger charge is 2.21. The average Bonchev–Trinajstić information content (AvgIpc) is 2.99. The van der Waals surface area contributed by atoms with E-state index in [0.717, 1.165) is 42.5 Å². The van der Waals surface area contributed by atoms with Gasteiger partial charge in [-0.2, -0.15) is 10.2 Å². The van der Waals surface area contributed by atoms with Gasteiger partial charge in [-0.25, -0.2) is 5.43 Å². The lowest BCUT2D eigenvalue weighted by Crippen LogP contribution is -2.20. The number of aryl methyl sites for hydroxylation is 1. The van der Waals surface area contributed by atoms with E-state index < -0.39 is 0 Å². The molecule has 1 aromatic carbocycles. The summed E-state index contributed by atoms with van der Waals surface area (Å²) in [6, 6.07) is 8.17. The summed E-state index contributed by atoms with van der Waals surface area (Å²) in [5.41, 5.74) is 7.43. The van der Waals surface area contributed by atoms with Crippen molar-refractivity contribution in [3.8, 4) is 0 Å². The number of hydrogen-bond donors (Lipinski definition) is 2. The minimum atomic E-state index is -0.251. The van der Waals surface area contributed by atoms with Crippen molar-refractivity contribution >= 4 is 12.1 Å². The fraction of sp³-hybridized carbons (Fsp3) is 0.389. The number of nitrogens with one attached hydrogen (secondary N) is 2. The van der Waals surface area contributed by atoms with Crippen molar-refractivity contribution in [2.45, 2.75) is 45.4 Å². The maximum Gasteiger partial charge on any atom is 0.292 e. The van der Waals surface area contributed by atoms with E-state index in [1.807, 2.05) is 12.1 Å². The zero-order chi connectivity index (χ0) is 16.2. The van der Waals surface area contributed by atoms with Gasteiger partial charge in [0, 0.05) is 11.3 Å². The Bertz CT molecular complexity index is 713. The van der Waals surface area contributed by atoms with Crippen LogP contribution in [-0.2, 0) is 12.8 Å². The largest absolute Gasteiger partial charge is 0.292 e. The molecule has 2 N–H and O–H groups in total. The van der Waals surface area contributed by atoms with Crippen molar-refractivity contribution in [1.29, 1.82) is 0 Å². The second-order valence-electron chi connectivity index (χ2n) is 6.26. The first kappa shape index (κ1) is 15.5. The third kappa shape index (κ3) is 3.50. The minimum absolute atomic E-state index is 0.251. The van der Waals surface area contributed by atoms with Gasteiger partial charge in [0.1, 0.15) is 0 Å². The predicted molar refractivity (Wildman–Crippen MR) is 90.8 cm³/mol. The number of carbonyl (C=O) groups is 1. The number of benzene rings is 1. The van der Waals surface area contributed by atoms with Gasteiger partial charge in [-0.1, -0.05) is 38.1 Å². The van der Waals surface area contributed by atoms with Gasteiger partial charge in [-0.3, -0.25) is 9.89 Å². The van der Waals surface area contributed by atoms with Gasteiger partial charge in [-0.15, -0.1) is 0 Å². The van der Waals surface area contributed by atoms with E-state index in [1.165, 1.54) is 5.56 Å². The molecule has 120 valence electrons. The van der Waals surface area contributed by atoms with Crippen LogP contribution in [0.2, 0.25) is 0 Å². The molecule has 1 amide bonds. The van der Waals surface area contributed by atoms with Gasteiger partial charge in [0.05, 0.1) is 6.21 Å². The molecule has 0 atom stereocenters. The SMILES string of the molecule is CC(C)c1ccc(/C=N/NC(=O)c2n[nH]c3c2CCCC3)cc1. The standard InChI is InChI=1S/C18H22N4O/c1-12(2)14-9-7-13(8-10-14)11-19-22-18(23)17-15-5-3-4-6-16(15)20-21-17/h7-12H,3-6H2,1-2H3,(H,20,21)(H,22,23)/b19-11+. The molecule has 2 aromatic rings. The third-order valence-electron chi connectivity index (χ3n) is 4.25. The van der Waals surface area contributed by atoms with Gasteiger partial charge in [0.25, 0.3) is 5.91 Å². The summed E-state index contributed by atoms with van der Waals surface area (Å²) in [6.07, 6.45) is 5.80. The molecule has 0 bridgehead atoms. The number of rotatable bonds is 4. The number of amides is 1. The molecular weight excluding hydrogens is 288 g/mol. The van der Waals surface area contributed by atoms with E-state index >= 15 is 0 Å². The first-order valence-electron chi connectivity index (χ1n) is 8.14. The Balaban J connectivity index is 1.63. The summed E-state index contributed by atoms with van der Waals surface area (Å²) in [5, 5.41) is 11.2. The maximum absolute atomic E-state index is 12.2. The number of carbonyl (C=O) groups excluding carboxylic acids is 1. The molecule has 0 saturated carbocycles. The van der Waals surface area contributed by atoms with Crippen LogP contribution in [0.25, 0.3) is 0 Å². The third-order valence-corrected chi connectivity index (χ3v) is 4.25. The van der Waals surface area contributed by atoms with E-state index in [4.69, 9.17) is 0 Å². The Morgan fingerprint density at radius 3 is 2.74 bits per heavy atom. The minimum Gasteiger partial charge on any atom is -0.281 e. The smallest absolute Gasteiger partial charge is 0.281 e. The van der Waals surface area contributed by atoms with Gasteiger partial charge < -0.3 is 0 Å². The van der Waals surface area contributed by atoms with Crippen LogP contribution in [-0.4, -0.2) is 22.3 Å². The number of hydrogen-bond acceptors (Lipinski definition) is 3. The Morgan fingerprint density at radius 1 is 1.26 bits per heavy atom. The summed E-state index contributed by atoms with van der Waals surface area (Å²) < 4.78 is 0. The monoisotopic (exact) mass is 310 g/mol. The lowest BCUT2D eigenvalue weighted by atomic mass is 9.96. The number of aromatic amines is 1. The van der Waals surface area contributed by atoms with Gasteiger partial charge in [-0.05, 0) is 42.7 Å². The molecule has 1 aliphatic carbocycles. The van der Waals surface area contributed by atoms with Crippen molar-refractivity contribution in [1.82, 2.24) is 15.6 Å². The fourth-order valence-corrected chi connectivity index (χ4v) is 2.85. The van der Waals surface area contributed by atoms with Gasteiger partial charge in [0.2, 0.25) is 0 Å². The molecule has 1 heterocycles. The Kier molecular flexibility index (Phi) is 4.55. The summed E-state index contributed by atoms with van der Waals surface area (Å²) in [4.78, 5) is 12.2. The molecule has 23 heavy (non-hydrogen) atoms. The molecule has 1 aliphatic rings. The molecule has 5 heteroatoms. The van der Waals surface area contributed by atoms with E-state index in [-0.39, 0.29) is 5.91 Å². The van der Waals surface area contributed by atoms with Crippen molar-refractivity contribution in [2.24, 2.45) is 5.10 Å². The summed E-state index contributed by atoms with van der Waals surface area (Å²) in [7, 11) is 0. The molecule has 0 saturated heterocycles. The van der Waals surface area contributed by atoms with Crippen LogP contribution in [0.1, 0.15) is 65.5 Å². The van der Waals surface area contributed by atoms with E-state index in [0.29, 0.717) is 11.6 Å². The quantitative estimate of drug-likeness (QED) is 0.672. The molecule has 0 aliphatic heterocycles. The zero-order valence-electron chi connectivity index (χ0n) is 13.6. The molecular formula is C18H22N4O. The summed E-state index contributed by atoms with van der Waals surface area (Å²) >= 11 is 0. The normalized spacial score (nSPS) is 14.2. The van der Waals surface area contributed by atoms with Crippen molar-refractivity contribution < 1.29 is 4.79 Å². The molecule has 1 aromatic heterocycles. The fourth-order valence-electron chi connectivity index (χ4n) is 2.85. The maximum atomic E-state index is 12.2. The van der Waals surface area contributed by atoms with Crippen LogP contribution in [0.5, 0.6) is 0 Å². The topological polar surface area (TPSA) is 70.1 Å². The summed E-state index contributed by atoms with van der Waals surface area (Å²) in [6.45, 7) is 4.32. The summed E-state index contributed by atoms with van der Waals surface area (Å²) in [5.74, 6) is 0.256. The van der Waals surface area contributed by atoms with Crippen molar-refractivity contribution in [3.63, 3.8) is 0 Å². The highest BCUT2D eigenvalue weighted by molar-refractivity contribution is 5.94. The highest BCUT2D eigenvalue weighted by Crippen LogP contribution is 2.21. The Morgan fingerprint density at radius 2 is 2.00 bits per heavy atom. The lowest BCUT2D eigenvalue weighted by molar-refractivity contribution is 0.0949. The first-order valence-corrected chi connectivity index (χ1v) is 8.14. The number of hydrazone groups is 1. The van der Waals surface area contributed by atoms with Crippen LogP contribution in [0.15, 0.2) is 29.4 Å². The number of fused-ring (bicyclic) bond motifs is 1. The molecule has 0 unspecified atom stereocenters. The van der Waals surface area contributed by atoms with E-state index in [9.17, 15) is 4.79 Å². The number of H-pyrrole nitrogens is 1. The van der Waals surface area contributed by atoms with Crippen molar-refractivity contribution in [2.75, 3.05) is 0 Å². The molecule has 0 spiro atoms. The van der Waals surface area contributed by atoms with Gasteiger partial charge in [0.15, 0.2) is 5.69 Å². The predicted octanol–water partition coefficient (Wildman–Crippen LogP) is 3.18. The van der Waals surface area contributed by atoms with Gasteiger partial charge >= 0.3 is 0 Å². The first-order chi connectivity index (χ1) is 11.1. The molecule has 0 fully saturated rings. The molecule has 3 rings (SSSR count).